The van der Waals surface area contributed by atoms with Gasteiger partial charge in [-0.3, -0.25) is 4.79 Å². The molecule has 11 heavy (non-hydrogen) atoms. The highest BCUT2D eigenvalue weighted by molar-refractivity contribution is 4.88. The van der Waals surface area contributed by atoms with Crippen LogP contribution in [-0.2, 0) is 5.54 Å². The van der Waals surface area contributed by atoms with Crippen molar-refractivity contribution in [3.63, 3.8) is 0 Å². The lowest BCUT2D eigenvalue weighted by Gasteiger charge is -2.19. The third kappa shape index (κ3) is 1.67. The normalized spacial score (nSPS) is 11.5. The first kappa shape index (κ1) is 7.98. The van der Waals surface area contributed by atoms with Crippen LogP contribution in [0.1, 0.15) is 20.8 Å². The Kier molecular flexibility index (Phi) is 1.81. The van der Waals surface area contributed by atoms with Crippen molar-refractivity contribution in [1.29, 1.82) is 0 Å². The highest BCUT2D eigenvalue weighted by Gasteiger charge is 2.14. The highest BCUT2D eigenvalue weighted by atomic mass is 16.1. The predicted molar refractivity (Wildman–Crippen MR) is 43.5 cm³/mol. The third-order valence-corrected chi connectivity index (χ3v) is 1.35. The van der Waals surface area contributed by atoms with Crippen molar-refractivity contribution >= 4 is 0 Å². The molecule has 0 spiro atoms. The summed E-state index contributed by atoms with van der Waals surface area (Å²) in [5, 5.41) is 3.95. The molecule has 3 heteroatoms. The van der Waals surface area contributed by atoms with E-state index in [0.717, 1.165) is 0 Å². The average Bonchev–Trinajstić information content (AvgIpc) is 1.86. The van der Waals surface area contributed by atoms with Gasteiger partial charge in [0, 0.05) is 12.3 Å². The van der Waals surface area contributed by atoms with Gasteiger partial charge in [-0.05, 0) is 26.8 Å². The molecular weight excluding hydrogens is 140 g/mol. The first-order valence-electron chi connectivity index (χ1n) is 3.56. The number of hydrogen-bond donors (Lipinski definition) is 0. The maximum atomic E-state index is 11.2. The molecule has 1 aromatic heterocycles. The summed E-state index contributed by atoms with van der Waals surface area (Å²) in [5.41, 5.74) is -0.279. The largest absolute Gasteiger partial charge is 0.268 e. The van der Waals surface area contributed by atoms with Gasteiger partial charge < -0.3 is 0 Å². The van der Waals surface area contributed by atoms with E-state index in [1.807, 2.05) is 20.8 Å². The zero-order chi connectivity index (χ0) is 8.48. The first-order chi connectivity index (χ1) is 5.02. The van der Waals surface area contributed by atoms with Crippen LogP contribution in [0.5, 0.6) is 0 Å². The fourth-order valence-electron chi connectivity index (χ4n) is 0.862. The zero-order valence-electron chi connectivity index (χ0n) is 7.03. The van der Waals surface area contributed by atoms with Crippen molar-refractivity contribution in [2.24, 2.45) is 0 Å². The molecule has 0 aliphatic carbocycles. The Morgan fingerprint density at radius 3 is 2.45 bits per heavy atom. The average molecular weight is 152 g/mol. The van der Waals surface area contributed by atoms with Gasteiger partial charge in [-0.2, -0.15) is 5.10 Å². The fourth-order valence-corrected chi connectivity index (χ4v) is 0.862. The number of rotatable bonds is 0. The molecule has 0 N–H and O–H groups in total. The summed E-state index contributed by atoms with van der Waals surface area (Å²) in [5.74, 6) is 0. The van der Waals surface area contributed by atoms with E-state index in [2.05, 4.69) is 5.10 Å². The summed E-state index contributed by atoms with van der Waals surface area (Å²) < 4.78 is 1.47. The van der Waals surface area contributed by atoms with Gasteiger partial charge in [0.15, 0.2) is 0 Å². The highest BCUT2D eigenvalue weighted by Crippen LogP contribution is 2.06. The molecule has 1 aromatic rings. The lowest BCUT2D eigenvalue weighted by molar-refractivity contribution is 0.338. The molecule has 0 unspecified atom stereocenters. The van der Waals surface area contributed by atoms with Crippen molar-refractivity contribution < 1.29 is 0 Å². The number of hydrogen-bond acceptors (Lipinski definition) is 2. The van der Waals surface area contributed by atoms with Crippen molar-refractivity contribution in [2.45, 2.75) is 26.3 Å². The molecular formula is C8H12N2O. The van der Waals surface area contributed by atoms with Gasteiger partial charge in [0.25, 0.3) is 5.56 Å². The Bertz CT molecular complexity index is 295. The van der Waals surface area contributed by atoms with E-state index in [4.69, 9.17) is 0 Å². The SMILES string of the molecule is CC(C)(C)n1ncccc1=O. The topological polar surface area (TPSA) is 34.9 Å². The van der Waals surface area contributed by atoms with Crippen LogP contribution in [0.25, 0.3) is 0 Å². The summed E-state index contributed by atoms with van der Waals surface area (Å²) in [6.07, 6.45) is 1.62. The molecule has 1 heterocycles. The quantitative estimate of drug-likeness (QED) is 0.556. The number of aromatic nitrogens is 2. The van der Waals surface area contributed by atoms with Gasteiger partial charge in [-0.25, -0.2) is 4.68 Å². The van der Waals surface area contributed by atoms with E-state index in [9.17, 15) is 4.79 Å². The third-order valence-electron chi connectivity index (χ3n) is 1.35. The molecule has 1 rings (SSSR count). The van der Waals surface area contributed by atoms with Gasteiger partial charge in [0.1, 0.15) is 0 Å². The Balaban J connectivity index is 3.26. The molecule has 0 amide bonds. The summed E-state index contributed by atoms with van der Waals surface area (Å²) in [6.45, 7) is 5.84. The smallest absolute Gasteiger partial charge is 0.267 e. The minimum atomic E-state index is -0.224. The van der Waals surface area contributed by atoms with Gasteiger partial charge in [0.2, 0.25) is 0 Å². The van der Waals surface area contributed by atoms with Gasteiger partial charge in [-0.1, -0.05) is 0 Å². The monoisotopic (exact) mass is 152 g/mol. The molecule has 0 aliphatic rings. The van der Waals surface area contributed by atoms with Gasteiger partial charge in [0.05, 0.1) is 5.54 Å². The second-order valence-corrected chi connectivity index (χ2v) is 3.44. The number of nitrogens with zero attached hydrogens (tertiary/aromatic N) is 2. The summed E-state index contributed by atoms with van der Waals surface area (Å²) in [6, 6.07) is 3.16. The molecule has 3 nitrogen and oxygen atoms in total. The summed E-state index contributed by atoms with van der Waals surface area (Å²) >= 11 is 0. The zero-order valence-corrected chi connectivity index (χ0v) is 7.03. The van der Waals surface area contributed by atoms with Crippen molar-refractivity contribution in [3.8, 4) is 0 Å². The Hall–Kier alpha value is -1.12. The fraction of sp³-hybridized carbons (Fsp3) is 0.500. The molecule has 0 atom stereocenters. The van der Waals surface area contributed by atoms with Crippen LogP contribution in [-0.4, -0.2) is 9.78 Å². The van der Waals surface area contributed by atoms with Crippen LogP contribution in [0.2, 0.25) is 0 Å². The van der Waals surface area contributed by atoms with Gasteiger partial charge >= 0.3 is 0 Å². The minimum Gasteiger partial charge on any atom is -0.268 e. The summed E-state index contributed by atoms with van der Waals surface area (Å²) in [7, 11) is 0. The van der Waals surface area contributed by atoms with E-state index in [-0.39, 0.29) is 11.1 Å². The Labute approximate surface area is 65.7 Å². The molecule has 0 radical (unpaired) electrons. The Morgan fingerprint density at radius 1 is 1.45 bits per heavy atom. The van der Waals surface area contributed by atoms with Gasteiger partial charge in [-0.15, -0.1) is 0 Å². The molecule has 0 fully saturated rings. The van der Waals surface area contributed by atoms with E-state index >= 15 is 0 Å². The standard InChI is InChI=1S/C8H12N2O/c1-8(2,3)10-7(11)5-4-6-9-10/h4-6H,1-3H3. The van der Waals surface area contributed by atoms with Crippen molar-refractivity contribution in [3.05, 3.63) is 28.7 Å². The van der Waals surface area contributed by atoms with Crippen LogP contribution in [0.4, 0.5) is 0 Å². The van der Waals surface area contributed by atoms with Crippen molar-refractivity contribution in [1.82, 2.24) is 9.78 Å². The Morgan fingerprint density at radius 2 is 2.09 bits per heavy atom. The molecule has 0 aromatic carbocycles. The van der Waals surface area contributed by atoms with Crippen molar-refractivity contribution in [2.75, 3.05) is 0 Å². The molecule has 0 aliphatic heterocycles. The van der Waals surface area contributed by atoms with Crippen LogP contribution < -0.4 is 5.56 Å². The van der Waals surface area contributed by atoms with Crippen LogP contribution in [0.15, 0.2) is 23.1 Å². The second-order valence-electron chi connectivity index (χ2n) is 3.44. The molecule has 0 bridgehead atoms. The first-order valence-corrected chi connectivity index (χ1v) is 3.56. The lowest BCUT2D eigenvalue weighted by atomic mass is 10.1. The minimum absolute atomic E-state index is 0.0556. The van der Waals surface area contributed by atoms with E-state index in [0.29, 0.717) is 0 Å². The lowest BCUT2D eigenvalue weighted by Crippen LogP contribution is -2.34. The van der Waals surface area contributed by atoms with E-state index in [1.165, 1.54) is 10.7 Å². The molecule has 60 valence electrons. The van der Waals surface area contributed by atoms with Crippen LogP contribution in [0, 0.1) is 0 Å². The molecule has 0 saturated carbocycles. The summed E-state index contributed by atoms with van der Waals surface area (Å²) in [4.78, 5) is 11.2. The van der Waals surface area contributed by atoms with Crippen LogP contribution >= 0.6 is 0 Å². The van der Waals surface area contributed by atoms with Crippen LogP contribution in [0.3, 0.4) is 0 Å². The predicted octanol–water partition coefficient (Wildman–Crippen LogP) is 0.998. The molecule has 0 saturated heterocycles. The maximum absolute atomic E-state index is 11.2. The van der Waals surface area contributed by atoms with E-state index in [1.54, 1.807) is 12.3 Å². The maximum Gasteiger partial charge on any atom is 0.267 e. The second kappa shape index (κ2) is 2.49. The van der Waals surface area contributed by atoms with E-state index < -0.39 is 0 Å².